The Morgan fingerprint density at radius 3 is 2.58 bits per heavy atom. The fourth-order valence-corrected chi connectivity index (χ4v) is 4.84. The van der Waals surface area contributed by atoms with Crippen molar-refractivity contribution in [1.29, 1.82) is 0 Å². The summed E-state index contributed by atoms with van der Waals surface area (Å²) in [6.45, 7) is 11.0. The first-order valence-corrected chi connectivity index (χ1v) is 9.40. The normalized spacial score (nSPS) is 24.3. The number of hydrogen-bond donors (Lipinski definition) is 0. The van der Waals surface area contributed by atoms with Crippen molar-refractivity contribution in [2.45, 2.75) is 65.1 Å². The number of nitrogens with zero attached hydrogens (tertiary/aromatic N) is 2. The molecule has 3 heterocycles. The van der Waals surface area contributed by atoms with Crippen LogP contribution in [0.3, 0.4) is 0 Å². The van der Waals surface area contributed by atoms with Gasteiger partial charge in [-0.05, 0) is 57.5 Å². The van der Waals surface area contributed by atoms with E-state index in [4.69, 9.17) is 4.74 Å². The number of fused-ring (bicyclic) bond motifs is 1. The van der Waals surface area contributed by atoms with E-state index in [0.717, 1.165) is 6.42 Å². The molecule has 132 valence electrons. The molecule has 0 spiro atoms. The summed E-state index contributed by atoms with van der Waals surface area (Å²) in [4.78, 5) is 29.9. The van der Waals surface area contributed by atoms with Crippen molar-refractivity contribution in [1.82, 2.24) is 9.80 Å². The molecular formula is C18H26N2O3S. The Kier molecular flexibility index (Phi) is 4.36. The van der Waals surface area contributed by atoms with Crippen molar-refractivity contribution >= 4 is 23.3 Å². The molecule has 2 aliphatic rings. The highest BCUT2D eigenvalue weighted by molar-refractivity contribution is 7.10. The van der Waals surface area contributed by atoms with Gasteiger partial charge in [-0.2, -0.15) is 0 Å². The van der Waals surface area contributed by atoms with Gasteiger partial charge in [-0.1, -0.05) is 0 Å². The maximum Gasteiger partial charge on any atom is 0.410 e. The van der Waals surface area contributed by atoms with Crippen LogP contribution in [0.15, 0.2) is 5.38 Å². The average Bonchev–Trinajstić information content (AvgIpc) is 3.01. The molecular weight excluding hydrogens is 324 g/mol. The van der Waals surface area contributed by atoms with Crippen molar-refractivity contribution in [3.05, 3.63) is 21.4 Å². The summed E-state index contributed by atoms with van der Waals surface area (Å²) in [5, 5.41) is 2.13. The smallest absolute Gasteiger partial charge is 0.410 e. The van der Waals surface area contributed by atoms with E-state index in [1.165, 1.54) is 16.0 Å². The number of piperazine rings is 1. The first kappa shape index (κ1) is 17.3. The van der Waals surface area contributed by atoms with E-state index in [1.807, 2.05) is 30.6 Å². The third-order valence-electron chi connectivity index (χ3n) is 4.88. The van der Waals surface area contributed by atoms with Crippen LogP contribution in [0.4, 0.5) is 4.79 Å². The fraction of sp³-hybridized carbons (Fsp3) is 0.667. The zero-order valence-corrected chi connectivity index (χ0v) is 15.9. The molecule has 2 fully saturated rings. The second kappa shape index (κ2) is 6.06. The van der Waals surface area contributed by atoms with Crippen LogP contribution in [0.2, 0.25) is 0 Å². The molecule has 0 aromatic carbocycles. The number of carbonyl (C=O) groups excluding carboxylic acids is 2. The fourth-order valence-electron chi connectivity index (χ4n) is 3.59. The maximum absolute atomic E-state index is 12.8. The van der Waals surface area contributed by atoms with Crippen LogP contribution in [-0.4, -0.2) is 46.5 Å². The highest BCUT2D eigenvalue weighted by Crippen LogP contribution is 2.42. The second-order valence-corrected chi connectivity index (χ2v) is 8.63. The van der Waals surface area contributed by atoms with Crippen molar-refractivity contribution in [2.75, 3.05) is 13.1 Å². The van der Waals surface area contributed by atoms with E-state index < -0.39 is 5.60 Å². The zero-order valence-electron chi connectivity index (χ0n) is 15.1. The van der Waals surface area contributed by atoms with Crippen molar-refractivity contribution < 1.29 is 14.3 Å². The molecule has 2 saturated heterocycles. The standard InChI is InChI=1S/C18H26N2O3S/c1-11-10-24-16(12(11)2)15-13-6-7-14(21)19(13)8-9-20(15)17(22)23-18(3,4)5/h10,13,15H,6-9H2,1-5H3/t13-,15?/m0/s1. The largest absolute Gasteiger partial charge is 0.444 e. The molecule has 0 saturated carbocycles. The van der Waals surface area contributed by atoms with Gasteiger partial charge in [0.1, 0.15) is 5.60 Å². The van der Waals surface area contributed by atoms with E-state index in [-0.39, 0.29) is 24.1 Å². The Labute approximate surface area is 147 Å². The molecule has 1 aromatic rings. The summed E-state index contributed by atoms with van der Waals surface area (Å²) in [6, 6.07) is -0.0331. The van der Waals surface area contributed by atoms with E-state index in [9.17, 15) is 9.59 Å². The SMILES string of the molecule is Cc1csc(C2[C@@H]3CCC(=O)N3CCN2C(=O)OC(C)(C)C)c1C. The molecule has 0 bridgehead atoms. The molecule has 0 aliphatic carbocycles. The molecule has 2 aliphatic heterocycles. The third kappa shape index (κ3) is 3.04. The van der Waals surface area contributed by atoms with Gasteiger partial charge in [0.15, 0.2) is 0 Å². The first-order chi connectivity index (χ1) is 11.2. The molecule has 1 unspecified atom stereocenters. The summed E-state index contributed by atoms with van der Waals surface area (Å²) in [5.74, 6) is 0.208. The number of amides is 2. The number of ether oxygens (including phenoxy) is 1. The minimum absolute atomic E-state index is 0.0653. The number of thiophene rings is 1. The number of aryl methyl sites for hydroxylation is 1. The van der Waals surface area contributed by atoms with Crippen LogP contribution in [0, 0.1) is 13.8 Å². The van der Waals surface area contributed by atoms with Gasteiger partial charge in [0, 0.05) is 24.4 Å². The van der Waals surface area contributed by atoms with Crippen LogP contribution in [0.5, 0.6) is 0 Å². The molecule has 1 aromatic heterocycles. The molecule has 3 rings (SSSR count). The van der Waals surface area contributed by atoms with Gasteiger partial charge in [0.05, 0.1) is 12.1 Å². The maximum atomic E-state index is 12.8. The lowest BCUT2D eigenvalue weighted by molar-refractivity contribution is -0.132. The minimum atomic E-state index is -0.523. The van der Waals surface area contributed by atoms with Crippen LogP contribution in [0.25, 0.3) is 0 Å². The molecule has 24 heavy (non-hydrogen) atoms. The second-order valence-electron chi connectivity index (χ2n) is 7.72. The minimum Gasteiger partial charge on any atom is -0.444 e. The Bertz CT molecular complexity index is 662. The molecule has 0 N–H and O–H groups in total. The topological polar surface area (TPSA) is 49.9 Å². The summed E-state index contributed by atoms with van der Waals surface area (Å²) in [6.07, 6.45) is 1.10. The molecule has 2 atom stereocenters. The molecule has 2 amide bonds. The molecule has 5 nitrogen and oxygen atoms in total. The predicted octanol–water partition coefficient (Wildman–Crippen LogP) is 3.65. The van der Waals surface area contributed by atoms with Crippen molar-refractivity contribution in [3.8, 4) is 0 Å². The lowest BCUT2D eigenvalue weighted by Gasteiger charge is -2.44. The van der Waals surface area contributed by atoms with Gasteiger partial charge in [0.2, 0.25) is 5.91 Å². The summed E-state index contributed by atoms with van der Waals surface area (Å²) in [5.41, 5.74) is 1.94. The lowest BCUT2D eigenvalue weighted by atomic mass is 9.96. The Hall–Kier alpha value is -1.56. The highest BCUT2D eigenvalue weighted by Gasteiger charge is 2.46. The van der Waals surface area contributed by atoms with E-state index in [1.54, 1.807) is 11.3 Å². The van der Waals surface area contributed by atoms with E-state index in [2.05, 4.69) is 19.2 Å². The van der Waals surface area contributed by atoms with Crippen molar-refractivity contribution in [2.24, 2.45) is 0 Å². The number of hydrogen-bond acceptors (Lipinski definition) is 4. The van der Waals surface area contributed by atoms with Gasteiger partial charge in [-0.25, -0.2) is 4.79 Å². The summed E-state index contributed by atoms with van der Waals surface area (Å²) < 4.78 is 5.64. The number of carbonyl (C=O) groups is 2. The Balaban J connectivity index is 1.96. The van der Waals surface area contributed by atoms with Gasteiger partial charge < -0.3 is 9.64 Å². The predicted molar refractivity (Wildman–Crippen MR) is 94.2 cm³/mol. The quantitative estimate of drug-likeness (QED) is 0.777. The van der Waals surface area contributed by atoms with Gasteiger partial charge >= 0.3 is 6.09 Å². The third-order valence-corrected chi connectivity index (χ3v) is 6.15. The zero-order chi connectivity index (χ0) is 17.6. The first-order valence-electron chi connectivity index (χ1n) is 8.52. The van der Waals surface area contributed by atoms with Crippen molar-refractivity contribution in [3.63, 3.8) is 0 Å². The van der Waals surface area contributed by atoms with Crippen LogP contribution < -0.4 is 0 Å². The van der Waals surface area contributed by atoms with E-state index in [0.29, 0.717) is 19.5 Å². The highest BCUT2D eigenvalue weighted by atomic mass is 32.1. The summed E-state index contributed by atoms with van der Waals surface area (Å²) in [7, 11) is 0. The Morgan fingerprint density at radius 1 is 1.29 bits per heavy atom. The average molecular weight is 350 g/mol. The van der Waals surface area contributed by atoms with Crippen LogP contribution in [-0.2, 0) is 9.53 Å². The number of rotatable bonds is 1. The summed E-state index contributed by atoms with van der Waals surface area (Å²) >= 11 is 1.68. The van der Waals surface area contributed by atoms with Gasteiger partial charge in [-0.15, -0.1) is 11.3 Å². The molecule has 6 heteroatoms. The van der Waals surface area contributed by atoms with Gasteiger partial charge in [0.25, 0.3) is 0 Å². The monoisotopic (exact) mass is 350 g/mol. The molecule has 0 radical (unpaired) electrons. The van der Waals surface area contributed by atoms with Crippen LogP contribution >= 0.6 is 11.3 Å². The van der Waals surface area contributed by atoms with E-state index >= 15 is 0 Å². The van der Waals surface area contributed by atoms with Crippen LogP contribution in [0.1, 0.15) is 55.7 Å². The lowest BCUT2D eigenvalue weighted by Crippen LogP contribution is -2.55. The van der Waals surface area contributed by atoms with Gasteiger partial charge in [-0.3, -0.25) is 9.69 Å². The Morgan fingerprint density at radius 2 is 2.00 bits per heavy atom.